The standard InChI is InChI=1S/C11H14BrNO/c1-11(12,10(13)14)8-7-9-5-3-2-4-6-9/h2-6H,7-8H2,1H3,(H2,13,14). The molecule has 0 fully saturated rings. The number of halogens is 1. The van der Waals surface area contributed by atoms with Crippen LogP contribution in [0.2, 0.25) is 0 Å². The summed E-state index contributed by atoms with van der Waals surface area (Å²) in [7, 11) is 0. The molecule has 0 aliphatic rings. The Balaban J connectivity index is 2.53. The van der Waals surface area contributed by atoms with E-state index >= 15 is 0 Å². The molecule has 0 saturated heterocycles. The van der Waals surface area contributed by atoms with Crippen molar-refractivity contribution in [2.75, 3.05) is 0 Å². The van der Waals surface area contributed by atoms with E-state index in [9.17, 15) is 4.79 Å². The van der Waals surface area contributed by atoms with Gasteiger partial charge < -0.3 is 5.73 Å². The molecular formula is C11H14BrNO. The fourth-order valence-corrected chi connectivity index (χ4v) is 1.35. The number of carbonyl (C=O) groups is 1. The van der Waals surface area contributed by atoms with Crippen molar-refractivity contribution in [2.45, 2.75) is 24.1 Å². The van der Waals surface area contributed by atoms with Crippen molar-refractivity contribution in [1.82, 2.24) is 0 Å². The van der Waals surface area contributed by atoms with Gasteiger partial charge in [-0.05, 0) is 25.3 Å². The fraction of sp³-hybridized carbons (Fsp3) is 0.364. The number of benzene rings is 1. The maximum absolute atomic E-state index is 11.0. The molecule has 0 saturated carbocycles. The number of hydrogen-bond donors (Lipinski definition) is 1. The number of nitrogens with two attached hydrogens (primary N) is 1. The van der Waals surface area contributed by atoms with Crippen LogP contribution in [-0.2, 0) is 11.2 Å². The van der Waals surface area contributed by atoms with Crippen molar-refractivity contribution in [3.63, 3.8) is 0 Å². The summed E-state index contributed by atoms with van der Waals surface area (Å²) in [4.78, 5) is 11.0. The molecule has 1 amide bonds. The second-order valence-electron chi connectivity index (χ2n) is 3.55. The lowest BCUT2D eigenvalue weighted by molar-refractivity contribution is -0.119. The first kappa shape index (κ1) is 11.2. The number of aryl methyl sites for hydroxylation is 1. The van der Waals surface area contributed by atoms with Crippen LogP contribution in [0.4, 0.5) is 0 Å². The summed E-state index contributed by atoms with van der Waals surface area (Å²) in [6.07, 6.45) is 1.57. The zero-order valence-electron chi connectivity index (χ0n) is 8.16. The van der Waals surface area contributed by atoms with Crippen LogP contribution in [0.3, 0.4) is 0 Å². The molecule has 1 rings (SSSR count). The van der Waals surface area contributed by atoms with Gasteiger partial charge in [-0.3, -0.25) is 4.79 Å². The first-order valence-corrected chi connectivity index (χ1v) is 5.34. The highest BCUT2D eigenvalue weighted by atomic mass is 79.9. The van der Waals surface area contributed by atoms with E-state index in [2.05, 4.69) is 15.9 Å². The minimum atomic E-state index is -0.594. The van der Waals surface area contributed by atoms with E-state index in [-0.39, 0.29) is 5.91 Å². The largest absolute Gasteiger partial charge is 0.368 e. The smallest absolute Gasteiger partial charge is 0.234 e. The Kier molecular flexibility index (Phi) is 3.69. The van der Waals surface area contributed by atoms with E-state index in [0.29, 0.717) is 6.42 Å². The van der Waals surface area contributed by atoms with Gasteiger partial charge in [-0.15, -0.1) is 0 Å². The topological polar surface area (TPSA) is 43.1 Å². The van der Waals surface area contributed by atoms with Gasteiger partial charge in [-0.2, -0.15) is 0 Å². The van der Waals surface area contributed by atoms with Gasteiger partial charge in [0.05, 0.1) is 0 Å². The molecule has 0 bridgehead atoms. The quantitative estimate of drug-likeness (QED) is 0.825. The average molecular weight is 256 g/mol. The van der Waals surface area contributed by atoms with Crippen LogP contribution >= 0.6 is 15.9 Å². The van der Waals surface area contributed by atoms with Crippen molar-refractivity contribution >= 4 is 21.8 Å². The molecule has 1 aromatic rings. The van der Waals surface area contributed by atoms with Crippen molar-refractivity contribution in [3.05, 3.63) is 35.9 Å². The third-order valence-electron chi connectivity index (χ3n) is 2.24. The van der Waals surface area contributed by atoms with Crippen LogP contribution in [0.15, 0.2) is 30.3 Å². The lowest BCUT2D eigenvalue weighted by Crippen LogP contribution is -2.35. The normalized spacial score (nSPS) is 14.7. The molecule has 0 aliphatic heterocycles. The van der Waals surface area contributed by atoms with Gasteiger partial charge in [-0.25, -0.2) is 0 Å². The number of primary amides is 1. The molecule has 3 heteroatoms. The van der Waals surface area contributed by atoms with Crippen LogP contribution in [-0.4, -0.2) is 10.2 Å². The Morgan fingerprint density at radius 3 is 2.50 bits per heavy atom. The van der Waals surface area contributed by atoms with Gasteiger partial charge in [0.15, 0.2) is 0 Å². The second-order valence-corrected chi connectivity index (χ2v) is 5.30. The highest BCUT2D eigenvalue weighted by Crippen LogP contribution is 2.23. The molecule has 0 aromatic heterocycles. The first-order valence-electron chi connectivity index (χ1n) is 4.55. The summed E-state index contributed by atoms with van der Waals surface area (Å²) < 4.78 is -0.594. The van der Waals surface area contributed by atoms with Crippen molar-refractivity contribution < 1.29 is 4.79 Å². The predicted octanol–water partition coefficient (Wildman–Crippen LogP) is 2.26. The number of hydrogen-bond acceptors (Lipinski definition) is 1. The van der Waals surface area contributed by atoms with Gasteiger partial charge in [0, 0.05) is 0 Å². The average Bonchev–Trinajstić information content (AvgIpc) is 2.16. The fourth-order valence-electron chi connectivity index (χ4n) is 1.15. The van der Waals surface area contributed by atoms with Crippen LogP contribution in [0.1, 0.15) is 18.9 Å². The van der Waals surface area contributed by atoms with Crippen LogP contribution in [0.25, 0.3) is 0 Å². The second kappa shape index (κ2) is 4.60. The first-order chi connectivity index (χ1) is 6.52. The summed E-state index contributed by atoms with van der Waals surface area (Å²) in [5.74, 6) is -0.312. The van der Waals surface area contributed by atoms with E-state index < -0.39 is 4.32 Å². The number of amides is 1. The molecule has 0 spiro atoms. The van der Waals surface area contributed by atoms with Gasteiger partial charge in [0.25, 0.3) is 0 Å². The van der Waals surface area contributed by atoms with Gasteiger partial charge in [0.1, 0.15) is 4.32 Å². The summed E-state index contributed by atoms with van der Waals surface area (Å²) in [5.41, 5.74) is 6.47. The highest BCUT2D eigenvalue weighted by molar-refractivity contribution is 9.10. The zero-order valence-corrected chi connectivity index (χ0v) is 9.75. The van der Waals surface area contributed by atoms with Crippen LogP contribution in [0.5, 0.6) is 0 Å². The van der Waals surface area contributed by atoms with Crippen molar-refractivity contribution in [3.8, 4) is 0 Å². The molecule has 1 atom stereocenters. The predicted molar refractivity (Wildman–Crippen MR) is 61.3 cm³/mol. The summed E-state index contributed by atoms with van der Waals surface area (Å²) in [6.45, 7) is 1.80. The molecule has 76 valence electrons. The summed E-state index contributed by atoms with van der Waals surface area (Å²) in [5, 5.41) is 0. The lowest BCUT2D eigenvalue weighted by atomic mass is 10.0. The Morgan fingerprint density at radius 1 is 1.43 bits per heavy atom. The van der Waals surface area contributed by atoms with E-state index in [1.165, 1.54) is 5.56 Å². The van der Waals surface area contributed by atoms with Gasteiger partial charge in [-0.1, -0.05) is 46.3 Å². The Bertz CT molecular complexity index is 308. The van der Waals surface area contributed by atoms with E-state index in [0.717, 1.165) is 6.42 Å². The van der Waals surface area contributed by atoms with Gasteiger partial charge >= 0.3 is 0 Å². The van der Waals surface area contributed by atoms with E-state index in [4.69, 9.17) is 5.73 Å². The van der Waals surface area contributed by atoms with Crippen LogP contribution < -0.4 is 5.73 Å². The van der Waals surface area contributed by atoms with E-state index in [1.54, 1.807) is 6.92 Å². The van der Waals surface area contributed by atoms with Gasteiger partial charge in [0.2, 0.25) is 5.91 Å². The molecular weight excluding hydrogens is 242 g/mol. The minimum Gasteiger partial charge on any atom is -0.368 e. The zero-order chi connectivity index (χ0) is 10.6. The van der Waals surface area contributed by atoms with E-state index in [1.807, 2.05) is 30.3 Å². The molecule has 0 radical (unpaired) electrons. The van der Waals surface area contributed by atoms with Crippen molar-refractivity contribution in [1.29, 1.82) is 0 Å². The highest BCUT2D eigenvalue weighted by Gasteiger charge is 2.26. The van der Waals surface area contributed by atoms with Crippen molar-refractivity contribution in [2.24, 2.45) is 5.73 Å². The molecule has 1 unspecified atom stereocenters. The maximum atomic E-state index is 11.0. The minimum absolute atomic E-state index is 0.312. The Morgan fingerprint density at radius 2 is 2.00 bits per heavy atom. The summed E-state index contributed by atoms with van der Waals surface area (Å²) >= 11 is 3.33. The number of rotatable bonds is 4. The third kappa shape index (κ3) is 3.14. The molecule has 0 aliphatic carbocycles. The third-order valence-corrected chi connectivity index (χ3v) is 3.03. The number of carbonyl (C=O) groups excluding carboxylic acids is 1. The molecule has 0 heterocycles. The molecule has 2 nitrogen and oxygen atoms in total. The SMILES string of the molecule is CC(Br)(CCc1ccccc1)C(N)=O. The Hall–Kier alpha value is -0.830. The molecule has 2 N–H and O–H groups in total. The monoisotopic (exact) mass is 255 g/mol. The lowest BCUT2D eigenvalue weighted by Gasteiger charge is -2.17. The van der Waals surface area contributed by atoms with Crippen LogP contribution in [0, 0.1) is 0 Å². The molecule has 14 heavy (non-hydrogen) atoms. The maximum Gasteiger partial charge on any atom is 0.234 e. The number of alkyl halides is 1. The Labute approximate surface area is 92.6 Å². The summed E-state index contributed by atoms with van der Waals surface area (Å²) in [6, 6.07) is 10.1. The molecule has 1 aromatic carbocycles.